The van der Waals surface area contributed by atoms with E-state index in [0.717, 1.165) is 0 Å². The molecule has 0 amide bonds. The number of rotatable bonds is 4. The fraction of sp³-hybridized carbons (Fsp3) is 0.0769. The van der Waals surface area contributed by atoms with Crippen LogP contribution in [0.5, 0.6) is 11.5 Å². The lowest BCUT2D eigenvalue weighted by Gasteiger charge is -2.03. The molecule has 5 heteroatoms. The molecule has 0 atom stereocenters. The minimum Gasteiger partial charge on any atom is -0.507 e. The summed E-state index contributed by atoms with van der Waals surface area (Å²) in [6, 6.07) is 10.4. The van der Waals surface area contributed by atoms with Crippen LogP contribution in [0.15, 0.2) is 47.7 Å². The van der Waals surface area contributed by atoms with Crippen molar-refractivity contribution < 1.29 is 9.84 Å². The number of phenolic OH excluding ortho intramolecular Hbond substituents is 1. The molecule has 0 saturated heterocycles. The molecule has 0 unspecified atom stereocenters. The fourth-order valence-corrected chi connectivity index (χ4v) is 1.36. The molecule has 0 aliphatic rings. The van der Waals surface area contributed by atoms with E-state index in [-0.39, 0.29) is 5.75 Å². The number of methoxy groups -OCH3 is 1. The van der Waals surface area contributed by atoms with Gasteiger partial charge in [-0.3, -0.25) is 5.43 Å². The summed E-state index contributed by atoms with van der Waals surface area (Å²) in [5.41, 5.74) is 3.33. The Kier molecular flexibility index (Phi) is 3.76. The molecule has 92 valence electrons. The molecule has 1 aromatic carbocycles. The van der Waals surface area contributed by atoms with Gasteiger partial charge >= 0.3 is 0 Å². The Morgan fingerprint density at radius 2 is 2.22 bits per heavy atom. The molecule has 5 nitrogen and oxygen atoms in total. The molecule has 0 radical (unpaired) electrons. The summed E-state index contributed by atoms with van der Waals surface area (Å²) in [6.45, 7) is 0. The number of benzene rings is 1. The molecule has 0 fully saturated rings. The van der Waals surface area contributed by atoms with Crippen molar-refractivity contribution in [1.29, 1.82) is 0 Å². The van der Waals surface area contributed by atoms with E-state index in [9.17, 15) is 5.11 Å². The Morgan fingerprint density at radius 3 is 2.94 bits per heavy atom. The van der Waals surface area contributed by atoms with E-state index in [4.69, 9.17) is 4.74 Å². The third kappa shape index (κ3) is 2.98. The van der Waals surface area contributed by atoms with E-state index in [0.29, 0.717) is 17.1 Å². The number of aromatic hydroxyl groups is 1. The first-order chi connectivity index (χ1) is 8.79. The summed E-state index contributed by atoms with van der Waals surface area (Å²) in [6.07, 6.45) is 3.17. The normalized spacial score (nSPS) is 10.5. The number of nitrogens with one attached hydrogen (secondary N) is 1. The van der Waals surface area contributed by atoms with Gasteiger partial charge in [-0.15, -0.1) is 0 Å². The Morgan fingerprint density at radius 1 is 1.33 bits per heavy atom. The van der Waals surface area contributed by atoms with Gasteiger partial charge in [0.1, 0.15) is 17.3 Å². The average molecular weight is 243 g/mol. The number of phenols is 1. The van der Waals surface area contributed by atoms with Gasteiger partial charge in [-0.25, -0.2) is 4.98 Å². The molecule has 0 saturated carbocycles. The number of anilines is 1. The van der Waals surface area contributed by atoms with Gasteiger partial charge in [0.25, 0.3) is 0 Å². The molecule has 0 bridgehead atoms. The molecule has 2 aromatic rings. The standard InChI is InChI=1S/C13H13N3O2/c1-18-11-5-6-12(17)10(8-11)9-15-16-13-4-2-3-7-14-13/h2-9,17H,1H3,(H,14,16)/b15-9-. The van der Waals surface area contributed by atoms with E-state index in [2.05, 4.69) is 15.5 Å². The highest BCUT2D eigenvalue weighted by molar-refractivity contribution is 5.84. The van der Waals surface area contributed by atoms with Crippen LogP contribution in [0.4, 0.5) is 5.82 Å². The van der Waals surface area contributed by atoms with Crippen molar-refractivity contribution in [2.75, 3.05) is 12.5 Å². The first kappa shape index (κ1) is 11.9. The molecule has 0 aliphatic carbocycles. The van der Waals surface area contributed by atoms with Crippen molar-refractivity contribution in [3.8, 4) is 11.5 Å². The van der Waals surface area contributed by atoms with Crippen LogP contribution in [-0.4, -0.2) is 23.4 Å². The van der Waals surface area contributed by atoms with Gasteiger partial charge in [0.05, 0.1) is 13.3 Å². The molecule has 1 heterocycles. The Balaban J connectivity index is 2.09. The molecule has 2 rings (SSSR count). The largest absolute Gasteiger partial charge is 0.507 e. The Labute approximate surface area is 105 Å². The smallest absolute Gasteiger partial charge is 0.146 e. The number of nitrogens with zero attached hydrogens (tertiary/aromatic N) is 2. The highest BCUT2D eigenvalue weighted by Crippen LogP contribution is 2.21. The van der Waals surface area contributed by atoms with Crippen LogP contribution in [0.2, 0.25) is 0 Å². The zero-order valence-electron chi connectivity index (χ0n) is 9.87. The van der Waals surface area contributed by atoms with E-state index >= 15 is 0 Å². The van der Waals surface area contributed by atoms with Gasteiger partial charge in [-0.05, 0) is 30.3 Å². The maximum Gasteiger partial charge on any atom is 0.146 e. The predicted molar refractivity (Wildman–Crippen MR) is 70.1 cm³/mol. The van der Waals surface area contributed by atoms with Crippen LogP contribution in [-0.2, 0) is 0 Å². The van der Waals surface area contributed by atoms with Crippen molar-refractivity contribution in [2.24, 2.45) is 5.10 Å². The van der Waals surface area contributed by atoms with Crippen molar-refractivity contribution in [2.45, 2.75) is 0 Å². The SMILES string of the molecule is COc1ccc(O)c(/C=N\Nc2ccccn2)c1. The average Bonchev–Trinajstić information content (AvgIpc) is 2.42. The summed E-state index contributed by atoms with van der Waals surface area (Å²) in [7, 11) is 1.57. The summed E-state index contributed by atoms with van der Waals surface area (Å²) in [4.78, 5) is 4.05. The van der Waals surface area contributed by atoms with Crippen molar-refractivity contribution >= 4 is 12.0 Å². The van der Waals surface area contributed by atoms with Gasteiger partial charge in [0.2, 0.25) is 0 Å². The number of ether oxygens (including phenoxy) is 1. The minimum atomic E-state index is 0.141. The lowest BCUT2D eigenvalue weighted by Crippen LogP contribution is -1.93. The van der Waals surface area contributed by atoms with Crippen LogP contribution in [0.3, 0.4) is 0 Å². The van der Waals surface area contributed by atoms with Gasteiger partial charge in [0, 0.05) is 11.8 Å². The van der Waals surface area contributed by atoms with Crippen LogP contribution in [0.25, 0.3) is 0 Å². The second-order valence-corrected chi connectivity index (χ2v) is 3.51. The number of hydrogen-bond donors (Lipinski definition) is 2. The highest BCUT2D eigenvalue weighted by atomic mass is 16.5. The quantitative estimate of drug-likeness (QED) is 0.638. The maximum absolute atomic E-state index is 9.64. The monoisotopic (exact) mass is 243 g/mol. The summed E-state index contributed by atoms with van der Waals surface area (Å²) >= 11 is 0. The van der Waals surface area contributed by atoms with Gasteiger partial charge in [0.15, 0.2) is 0 Å². The van der Waals surface area contributed by atoms with Crippen molar-refractivity contribution in [3.63, 3.8) is 0 Å². The second-order valence-electron chi connectivity index (χ2n) is 3.51. The lowest BCUT2D eigenvalue weighted by atomic mass is 10.2. The lowest BCUT2D eigenvalue weighted by molar-refractivity contribution is 0.412. The maximum atomic E-state index is 9.64. The number of pyridine rings is 1. The van der Waals surface area contributed by atoms with Crippen LogP contribution >= 0.6 is 0 Å². The summed E-state index contributed by atoms with van der Waals surface area (Å²) in [5.74, 6) is 1.44. The summed E-state index contributed by atoms with van der Waals surface area (Å²) < 4.78 is 5.07. The Bertz CT molecular complexity index is 541. The molecule has 0 spiro atoms. The molecule has 1 aromatic heterocycles. The molecule has 0 aliphatic heterocycles. The minimum absolute atomic E-state index is 0.141. The first-order valence-corrected chi connectivity index (χ1v) is 5.36. The third-order valence-electron chi connectivity index (χ3n) is 2.28. The van der Waals surface area contributed by atoms with E-state index < -0.39 is 0 Å². The van der Waals surface area contributed by atoms with E-state index in [1.54, 1.807) is 37.6 Å². The summed E-state index contributed by atoms with van der Waals surface area (Å²) in [5, 5.41) is 13.6. The first-order valence-electron chi connectivity index (χ1n) is 5.36. The number of aromatic nitrogens is 1. The van der Waals surface area contributed by atoms with Gasteiger partial charge in [-0.1, -0.05) is 6.07 Å². The van der Waals surface area contributed by atoms with Crippen molar-refractivity contribution in [1.82, 2.24) is 4.98 Å². The van der Waals surface area contributed by atoms with E-state index in [1.165, 1.54) is 6.21 Å². The zero-order valence-corrected chi connectivity index (χ0v) is 9.87. The van der Waals surface area contributed by atoms with Crippen LogP contribution in [0, 0.1) is 0 Å². The molecule has 18 heavy (non-hydrogen) atoms. The predicted octanol–water partition coefficient (Wildman–Crippen LogP) is 2.24. The third-order valence-corrected chi connectivity index (χ3v) is 2.28. The topological polar surface area (TPSA) is 66.7 Å². The molecular weight excluding hydrogens is 230 g/mol. The second kappa shape index (κ2) is 5.67. The number of hydrogen-bond acceptors (Lipinski definition) is 5. The molecule has 2 N–H and O–H groups in total. The van der Waals surface area contributed by atoms with Crippen molar-refractivity contribution in [3.05, 3.63) is 48.2 Å². The number of hydrazone groups is 1. The fourth-order valence-electron chi connectivity index (χ4n) is 1.36. The highest BCUT2D eigenvalue weighted by Gasteiger charge is 2.00. The van der Waals surface area contributed by atoms with Crippen LogP contribution < -0.4 is 10.2 Å². The van der Waals surface area contributed by atoms with E-state index in [1.807, 2.05) is 12.1 Å². The Hall–Kier alpha value is -2.56. The van der Waals surface area contributed by atoms with Gasteiger partial charge in [-0.2, -0.15) is 5.10 Å². The van der Waals surface area contributed by atoms with Crippen LogP contribution in [0.1, 0.15) is 5.56 Å². The van der Waals surface area contributed by atoms with Gasteiger partial charge < -0.3 is 9.84 Å². The zero-order chi connectivity index (χ0) is 12.8. The molecular formula is C13H13N3O2.